The van der Waals surface area contributed by atoms with Gasteiger partial charge >= 0.3 is 230 Å². The number of benzene rings is 2. The fourth-order valence-corrected chi connectivity index (χ4v) is 32.0. The van der Waals surface area contributed by atoms with Gasteiger partial charge in [-0.1, -0.05) is 0 Å². The van der Waals surface area contributed by atoms with E-state index in [0.717, 1.165) is 11.7 Å². The van der Waals surface area contributed by atoms with E-state index >= 15 is 0 Å². The normalized spacial score (nSPS) is 21.6. The van der Waals surface area contributed by atoms with Crippen LogP contribution in [0.25, 0.3) is 12.2 Å². The first kappa shape index (κ1) is 26.5. The van der Waals surface area contributed by atoms with Crippen LogP contribution in [0.3, 0.4) is 0 Å². The summed E-state index contributed by atoms with van der Waals surface area (Å²) < 4.78 is 1.42. The van der Waals surface area contributed by atoms with E-state index in [1.54, 1.807) is 33.4 Å². The van der Waals surface area contributed by atoms with Gasteiger partial charge in [0.2, 0.25) is 0 Å². The summed E-state index contributed by atoms with van der Waals surface area (Å²) >= 11 is -2.30. The van der Waals surface area contributed by atoms with Crippen molar-refractivity contribution in [3.05, 3.63) is 80.9 Å². The third kappa shape index (κ3) is 4.86. The van der Waals surface area contributed by atoms with E-state index in [9.17, 15) is 0 Å². The molecular weight excluding hydrogens is 615 g/mol. The summed E-state index contributed by atoms with van der Waals surface area (Å²) in [5.74, 6) is 1.97. The van der Waals surface area contributed by atoms with Crippen LogP contribution < -0.4 is 0 Å². The van der Waals surface area contributed by atoms with Crippen LogP contribution in [0.5, 0.6) is 0 Å². The number of allylic oxidation sites excluding steroid dienone is 2. The summed E-state index contributed by atoms with van der Waals surface area (Å²) in [4.78, 5) is 0. The molecule has 5 rings (SSSR count). The fourth-order valence-electron chi connectivity index (χ4n) is 6.91. The minimum absolute atomic E-state index is 0.179. The van der Waals surface area contributed by atoms with Gasteiger partial charge in [0, 0.05) is 0 Å². The zero-order chi connectivity index (χ0) is 25.8. The zero-order valence-corrected chi connectivity index (χ0v) is 28.3. The van der Waals surface area contributed by atoms with Gasteiger partial charge in [0.25, 0.3) is 0 Å². The van der Waals surface area contributed by atoms with Gasteiger partial charge in [0.1, 0.15) is 0 Å². The zero-order valence-electron chi connectivity index (χ0n) is 23.8. The molecule has 3 aliphatic rings. The van der Waals surface area contributed by atoms with Crippen molar-refractivity contribution in [3.63, 3.8) is 0 Å². The first-order valence-corrected chi connectivity index (χ1v) is 24.7. The maximum absolute atomic E-state index is 2.85. The Hall–Kier alpha value is -1.12. The van der Waals surface area contributed by atoms with Crippen LogP contribution in [-0.2, 0) is 30.9 Å². The van der Waals surface area contributed by atoms with Gasteiger partial charge in [-0.15, -0.1) is 0 Å². The molecule has 36 heavy (non-hydrogen) atoms. The monoisotopic (exact) mass is 660 g/mol. The van der Waals surface area contributed by atoms with E-state index in [4.69, 9.17) is 0 Å². The van der Waals surface area contributed by atoms with Crippen molar-refractivity contribution < 1.29 is 20.1 Å². The molecule has 2 aromatic rings. The molecule has 2 aromatic carbocycles. The molecule has 0 N–H and O–H groups in total. The molecule has 1 fully saturated rings. The van der Waals surface area contributed by atoms with Crippen molar-refractivity contribution in [2.24, 2.45) is 5.92 Å². The van der Waals surface area contributed by atoms with Crippen LogP contribution in [0, 0.1) is 5.92 Å². The molecule has 0 spiro atoms. The van der Waals surface area contributed by atoms with Gasteiger partial charge in [-0.3, -0.25) is 0 Å². The molecular formula is C34H44HfSi. The Bertz CT molecular complexity index is 1220. The molecule has 3 aliphatic carbocycles. The SMILES string of the molecule is CC1=Cc2c(cccc2C(C)(C)C)[CH]1[Hf](=[Si]=CC1CCCC1)[CH]1C(C)=Cc2c1cccc2C(C)(C)C. The molecule has 0 aromatic heterocycles. The van der Waals surface area contributed by atoms with E-state index in [1.165, 1.54) is 36.8 Å². The van der Waals surface area contributed by atoms with E-state index in [0.29, 0.717) is 7.35 Å². The van der Waals surface area contributed by atoms with E-state index in [2.05, 4.69) is 110 Å². The van der Waals surface area contributed by atoms with Gasteiger partial charge in [-0.25, -0.2) is 0 Å². The van der Waals surface area contributed by atoms with Gasteiger partial charge in [-0.2, -0.15) is 0 Å². The van der Waals surface area contributed by atoms with Gasteiger partial charge < -0.3 is 0 Å². The predicted molar refractivity (Wildman–Crippen MR) is 157 cm³/mol. The first-order chi connectivity index (χ1) is 17.0. The van der Waals surface area contributed by atoms with Gasteiger partial charge in [0.05, 0.1) is 0 Å². The van der Waals surface area contributed by atoms with Crippen LogP contribution in [-0.4, -0.2) is 11.5 Å². The first-order valence-electron chi connectivity index (χ1n) is 14.1. The van der Waals surface area contributed by atoms with Crippen LogP contribution >= 0.6 is 0 Å². The fraction of sp³-hybridized carbons (Fsp3) is 0.500. The third-order valence-corrected chi connectivity index (χ3v) is 29.7. The second-order valence-corrected chi connectivity index (χ2v) is 29.4. The van der Waals surface area contributed by atoms with Crippen molar-refractivity contribution >= 4 is 23.7 Å². The quantitative estimate of drug-likeness (QED) is 0.289. The van der Waals surface area contributed by atoms with Crippen molar-refractivity contribution in [2.45, 2.75) is 99.3 Å². The summed E-state index contributed by atoms with van der Waals surface area (Å²) in [5, 5.41) is 0. The molecule has 0 nitrogen and oxygen atoms in total. The molecule has 188 valence electrons. The Labute approximate surface area is 228 Å². The predicted octanol–water partition coefficient (Wildman–Crippen LogP) is 9.13. The molecule has 0 amide bonds. The van der Waals surface area contributed by atoms with Crippen LogP contribution in [0.2, 0.25) is 0 Å². The maximum atomic E-state index is 2.85. The van der Waals surface area contributed by atoms with Crippen LogP contribution in [0.15, 0.2) is 47.5 Å². The summed E-state index contributed by atoms with van der Waals surface area (Å²) in [7, 11) is 0. The summed E-state index contributed by atoms with van der Waals surface area (Å²) in [6, 6.07) is 14.5. The average Bonchev–Trinajstić information content (AvgIpc) is 3.50. The Kier molecular flexibility index (Phi) is 7.27. The average molecular weight is 659 g/mol. The molecule has 0 bridgehead atoms. The molecule has 1 saturated carbocycles. The molecule has 0 aliphatic heterocycles. The van der Waals surface area contributed by atoms with Gasteiger partial charge in [0.15, 0.2) is 0 Å². The van der Waals surface area contributed by atoms with Gasteiger partial charge in [-0.05, 0) is 0 Å². The van der Waals surface area contributed by atoms with E-state index < -0.39 is 20.1 Å². The summed E-state index contributed by atoms with van der Waals surface area (Å²) in [6.45, 7) is 19.2. The third-order valence-electron chi connectivity index (χ3n) is 8.68. The Morgan fingerprint density at radius 3 is 1.58 bits per heavy atom. The Balaban J connectivity index is 1.70. The molecule has 0 heterocycles. The molecule has 2 unspecified atom stereocenters. The van der Waals surface area contributed by atoms with Crippen LogP contribution in [0.1, 0.15) is 122 Å². The second kappa shape index (κ2) is 9.88. The molecule has 2 heteroatoms. The standard InChI is InChI=1S/2C14H17.C6H10Si.Hf/c2*1-10-8-11-6-5-7-13(12(11)9-10)14(2,3)4;7-5-6-3-1-2-4-6;/h2*5-9H,1-4H3;5-6H,1-4H2;. The van der Waals surface area contributed by atoms with Crippen LogP contribution in [0.4, 0.5) is 0 Å². The summed E-state index contributed by atoms with van der Waals surface area (Å²) in [6.07, 6.45) is 10.9. The number of hydrogen-bond acceptors (Lipinski definition) is 0. The minimum atomic E-state index is -2.30. The van der Waals surface area contributed by atoms with E-state index in [1.807, 2.05) is 0 Å². The van der Waals surface area contributed by atoms with Crippen molar-refractivity contribution in [3.8, 4) is 0 Å². The Morgan fingerprint density at radius 2 is 1.17 bits per heavy atom. The number of fused-ring (bicyclic) bond motifs is 2. The van der Waals surface area contributed by atoms with Crippen molar-refractivity contribution in [2.75, 3.05) is 0 Å². The molecule has 0 saturated heterocycles. The Morgan fingerprint density at radius 1 is 0.722 bits per heavy atom. The number of rotatable bonds is 3. The second-order valence-electron chi connectivity index (χ2n) is 13.6. The van der Waals surface area contributed by atoms with E-state index in [-0.39, 0.29) is 10.8 Å². The topological polar surface area (TPSA) is 0 Å². The van der Waals surface area contributed by atoms with Crippen molar-refractivity contribution in [1.29, 1.82) is 0 Å². The molecule has 0 radical (unpaired) electrons. The molecule has 2 atom stereocenters. The number of hydrogen-bond donors (Lipinski definition) is 0. The summed E-state index contributed by atoms with van der Waals surface area (Å²) in [5.41, 5.74) is 16.0. The van der Waals surface area contributed by atoms with Crippen molar-refractivity contribution in [1.82, 2.24) is 0 Å².